The van der Waals surface area contributed by atoms with Crippen LogP contribution in [0.1, 0.15) is 22.8 Å². The molecule has 0 radical (unpaired) electrons. The fourth-order valence-corrected chi connectivity index (χ4v) is 2.71. The van der Waals surface area contributed by atoms with Crippen molar-refractivity contribution in [2.45, 2.75) is 6.92 Å². The molecular formula is C25H23N3O3. The number of anilines is 1. The highest BCUT2D eigenvalue weighted by molar-refractivity contribution is 6.03. The Bertz CT molecular complexity index is 1070. The fraction of sp³-hybridized carbons (Fsp3) is 0.120. The molecule has 0 bridgehead atoms. The van der Waals surface area contributed by atoms with E-state index in [1.165, 1.54) is 0 Å². The number of ether oxygens (including phenoxy) is 1. The summed E-state index contributed by atoms with van der Waals surface area (Å²) in [6.07, 6.45) is 3.33. The standard InChI is InChI=1S/C25H23N3O3/c1-3-31-25(30)20-10-12-21(13-11-20)26-27-22-14-16-23(17-15-22)28(2)24(29)18-9-19-7-5-4-6-8-19/h4-18H,3H2,1-2H3/b18-9+,27-26+. The molecule has 0 heterocycles. The predicted molar refractivity (Wildman–Crippen MR) is 122 cm³/mol. The van der Waals surface area contributed by atoms with Crippen LogP contribution in [-0.2, 0) is 9.53 Å². The third-order valence-electron chi connectivity index (χ3n) is 4.44. The van der Waals surface area contributed by atoms with Crippen molar-refractivity contribution in [3.05, 3.63) is 96.1 Å². The first-order chi connectivity index (χ1) is 15.1. The second kappa shape index (κ2) is 10.6. The van der Waals surface area contributed by atoms with E-state index in [9.17, 15) is 9.59 Å². The number of benzene rings is 3. The number of azo groups is 1. The SMILES string of the molecule is CCOC(=O)c1ccc(/N=N/c2ccc(N(C)C(=O)/C=C/c3ccccc3)cc2)cc1. The molecule has 0 aliphatic heterocycles. The van der Waals surface area contributed by atoms with Crippen molar-refractivity contribution in [1.29, 1.82) is 0 Å². The monoisotopic (exact) mass is 413 g/mol. The zero-order chi connectivity index (χ0) is 22.1. The van der Waals surface area contributed by atoms with Gasteiger partial charge in [0.25, 0.3) is 5.91 Å². The van der Waals surface area contributed by atoms with E-state index in [0.717, 1.165) is 11.3 Å². The molecule has 156 valence electrons. The number of esters is 1. The third-order valence-corrected chi connectivity index (χ3v) is 4.44. The smallest absolute Gasteiger partial charge is 0.338 e. The van der Waals surface area contributed by atoms with E-state index >= 15 is 0 Å². The lowest BCUT2D eigenvalue weighted by Gasteiger charge is -2.15. The van der Waals surface area contributed by atoms with Crippen LogP contribution in [0.15, 0.2) is 95.2 Å². The molecule has 0 unspecified atom stereocenters. The Labute approximate surface area is 181 Å². The second-order valence-corrected chi connectivity index (χ2v) is 6.63. The molecule has 6 nitrogen and oxygen atoms in total. The summed E-state index contributed by atoms with van der Waals surface area (Å²) in [5.41, 5.74) is 3.46. The Morgan fingerprint density at radius 3 is 2.03 bits per heavy atom. The highest BCUT2D eigenvalue weighted by atomic mass is 16.5. The molecule has 0 saturated heterocycles. The van der Waals surface area contributed by atoms with E-state index in [0.29, 0.717) is 23.5 Å². The van der Waals surface area contributed by atoms with Crippen molar-refractivity contribution < 1.29 is 14.3 Å². The molecule has 3 rings (SSSR count). The second-order valence-electron chi connectivity index (χ2n) is 6.63. The quantitative estimate of drug-likeness (QED) is 0.273. The Morgan fingerprint density at radius 1 is 0.871 bits per heavy atom. The molecule has 0 aromatic heterocycles. The van der Waals surface area contributed by atoms with Gasteiger partial charge in [0, 0.05) is 18.8 Å². The van der Waals surface area contributed by atoms with Crippen LogP contribution in [0.3, 0.4) is 0 Å². The summed E-state index contributed by atoms with van der Waals surface area (Å²) in [6, 6.07) is 23.6. The van der Waals surface area contributed by atoms with Gasteiger partial charge in [-0.05, 0) is 67.1 Å². The van der Waals surface area contributed by atoms with Gasteiger partial charge in [0.05, 0.1) is 23.5 Å². The van der Waals surface area contributed by atoms with E-state index in [4.69, 9.17) is 4.74 Å². The predicted octanol–water partition coefficient (Wildman–Crippen LogP) is 5.95. The zero-order valence-electron chi connectivity index (χ0n) is 17.4. The largest absolute Gasteiger partial charge is 0.462 e. The first-order valence-corrected chi connectivity index (χ1v) is 9.86. The average molecular weight is 413 g/mol. The summed E-state index contributed by atoms with van der Waals surface area (Å²) in [6.45, 7) is 2.10. The van der Waals surface area contributed by atoms with Crippen LogP contribution in [0.5, 0.6) is 0 Å². The highest BCUT2D eigenvalue weighted by Gasteiger charge is 2.08. The lowest BCUT2D eigenvalue weighted by atomic mass is 10.2. The maximum atomic E-state index is 12.4. The highest BCUT2D eigenvalue weighted by Crippen LogP contribution is 2.22. The Hall–Kier alpha value is -4.06. The molecule has 31 heavy (non-hydrogen) atoms. The third kappa shape index (κ3) is 6.21. The van der Waals surface area contributed by atoms with Crippen LogP contribution in [0.4, 0.5) is 17.1 Å². The van der Waals surface area contributed by atoms with Gasteiger partial charge in [-0.25, -0.2) is 4.79 Å². The van der Waals surface area contributed by atoms with Gasteiger partial charge in [0.2, 0.25) is 0 Å². The van der Waals surface area contributed by atoms with Crippen LogP contribution in [0.25, 0.3) is 6.08 Å². The maximum absolute atomic E-state index is 12.4. The summed E-state index contributed by atoms with van der Waals surface area (Å²) < 4.78 is 4.96. The number of carbonyl (C=O) groups excluding carboxylic acids is 2. The Morgan fingerprint density at radius 2 is 1.45 bits per heavy atom. The summed E-state index contributed by atoms with van der Waals surface area (Å²) in [5, 5.41) is 8.38. The number of carbonyl (C=O) groups is 2. The number of hydrogen-bond acceptors (Lipinski definition) is 5. The van der Waals surface area contributed by atoms with Crippen molar-refractivity contribution in [2.75, 3.05) is 18.6 Å². The summed E-state index contributed by atoms with van der Waals surface area (Å²) in [4.78, 5) is 25.6. The fourth-order valence-electron chi connectivity index (χ4n) is 2.71. The van der Waals surface area contributed by atoms with Gasteiger partial charge in [-0.2, -0.15) is 10.2 Å². The minimum Gasteiger partial charge on any atom is -0.462 e. The zero-order valence-corrected chi connectivity index (χ0v) is 17.4. The normalized spacial score (nSPS) is 11.0. The van der Waals surface area contributed by atoms with E-state index in [2.05, 4.69) is 10.2 Å². The van der Waals surface area contributed by atoms with Gasteiger partial charge in [0.1, 0.15) is 0 Å². The molecule has 1 amide bonds. The van der Waals surface area contributed by atoms with E-state index < -0.39 is 0 Å². The van der Waals surface area contributed by atoms with Crippen LogP contribution >= 0.6 is 0 Å². The Balaban J connectivity index is 1.61. The minimum absolute atomic E-state index is 0.125. The van der Waals surface area contributed by atoms with Crippen LogP contribution < -0.4 is 4.90 Å². The molecule has 0 atom stereocenters. The topological polar surface area (TPSA) is 71.3 Å². The van der Waals surface area contributed by atoms with Crippen LogP contribution in [0, 0.1) is 0 Å². The molecule has 0 N–H and O–H groups in total. The van der Waals surface area contributed by atoms with Crippen molar-refractivity contribution in [1.82, 2.24) is 0 Å². The summed E-state index contributed by atoms with van der Waals surface area (Å²) in [7, 11) is 1.72. The van der Waals surface area contributed by atoms with Gasteiger partial charge >= 0.3 is 5.97 Å². The van der Waals surface area contributed by atoms with E-state index in [1.807, 2.05) is 42.5 Å². The van der Waals surface area contributed by atoms with Gasteiger partial charge in [-0.1, -0.05) is 30.3 Å². The molecule has 3 aromatic carbocycles. The molecule has 0 aliphatic carbocycles. The summed E-state index contributed by atoms with van der Waals surface area (Å²) >= 11 is 0. The van der Waals surface area contributed by atoms with Crippen molar-refractivity contribution in [2.24, 2.45) is 10.2 Å². The van der Waals surface area contributed by atoms with E-state index in [-0.39, 0.29) is 11.9 Å². The number of rotatable bonds is 7. The van der Waals surface area contributed by atoms with Crippen molar-refractivity contribution in [3.8, 4) is 0 Å². The Kier molecular flexibility index (Phi) is 7.43. The molecule has 0 spiro atoms. The summed E-state index contributed by atoms with van der Waals surface area (Å²) in [5.74, 6) is -0.487. The van der Waals surface area contributed by atoms with Gasteiger partial charge in [-0.3, -0.25) is 4.79 Å². The van der Waals surface area contributed by atoms with Crippen molar-refractivity contribution in [3.63, 3.8) is 0 Å². The molecule has 3 aromatic rings. The lowest BCUT2D eigenvalue weighted by molar-refractivity contribution is -0.113. The molecule has 0 saturated carbocycles. The molecular weight excluding hydrogens is 390 g/mol. The van der Waals surface area contributed by atoms with Crippen LogP contribution in [0.2, 0.25) is 0 Å². The number of hydrogen-bond donors (Lipinski definition) is 0. The van der Waals surface area contributed by atoms with Gasteiger partial charge in [-0.15, -0.1) is 0 Å². The van der Waals surface area contributed by atoms with Crippen molar-refractivity contribution >= 4 is 35.0 Å². The molecule has 0 fully saturated rings. The average Bonchev–Trinajstić information content (AvgIpc) is 2.82. The number of likely N-dealkylation sites (N-methyl/N-ethyl adjacent to an activating group) is 1. The minimum atomic E-state index is -0.362. The number of nitrogens with zero attached hydrogens (tertiary/aromatic N) is 3. The lowest BCUT2D eigenvalue weighted by Crippen LogP contribution is -2.23. The molecule has 6 heteroatoms. The van der Waals surface area contributed by atoms with Gasteiger partial charge < -0.3 is 9.64 Å². The first-order valence-electron chi connectivity index (χ1n) is 9.86. The van der Waals surface area contributed by atoms with E-state index in [1.54, 1.807) is 67.4 Å². The first kappa shape index (κ1) is 21.6. The number of amides is 1. The maximum Gasteiger partial charge on any atom is 0.338 e. The van der Waals surface area contributed by atoms with Crippen LogP contribution in [-0.4, -0.2) is 25.5 Å². The molecule has 0 aliphatic rings. The van der Waals surface area contributed by atoms with Gasteiger partial charge in [0.15, 0.2) is 0 Å².